The van der Waals surface area contributed by atoms with Crippen molar-refractivity contribution >= 4 is 23.3 Å². The minimum atomic E-state index is -0.290. The summed E-state index contributed by atoms with van der Waals surface area (Å²) in [5.41, 5.74) is 1.17. The maximum Gasteiger partial charge on any atom is 0.321 e. The monoisotopic (exact) mass is 308 g/mol. The number of para-hydroxylation sites is 1. The summed E-state index contributed by atoms with van der Waals surface area (Å²) in [5.74, 6) is 0. The molecule has 0 spiro atoms. The number of nitrogens with one attached hydrogen (secondary N) is 1. The number of amides is 2. The molecule has 112 valence electrons. The number of aromatic nitrogens is 2. The summed E-state index contributed by atoms with van der Waals surface area (Å²) in [5, 5.41) is 16.4. The number of hydrogen-bond acceptors (Lipinski definition) is 3. The molecule has 0 aliphatic heterocycles. The van der Waals surface area contributed by atoms with E-state index < -0.39 is 0 Å². The molecule has 1 aromatic heterocycles. The summed E-state index contributed by atoms with van der Waals surface area (Å²) >= 11 is 6.21. The van der Waals surface area contributed by atoms with E-state index >= 15 is 0 Å². The first kappa shape index (κ1) is 15.3. The number of aliphatic hydroxyl groups is 1. The summed E-state index contributed by atoms with van der Waals surface area (Å²) in [6, 6.07) is 6.74. The van der Waals surface area contributed by atoms with Crippen LogP contribution in [0, 0.1) is 0 Å². The molecule has 0 fully saturated rings. The van der Waals surface area contributed by atoms with Gasteiger partial charge in [-0.3, -0.25) is 0 Å². The highest BCUT2D eigenvalue weighted by Gasteiger charge is 2.15. The second-order valence-corrected chi connectivity index (χ2v) is 4.73. The zero-order valence-corrected chi connectivity index (χ0v) is 12.4. The Labute approximate surface area is 127 Å². The maximum absolute atomic E-state index is 12.2. The lowest BCUT2D eigenvalue weighted by Gasteiger charge is -2.21. The van der Waals surface area contributed by atoms with Gasteiger partial charge in [0.1, 0.15) is 5.69 Å². The number of benzene rings is 1. The van der Waals surface area contributed by atoms with Crippen LogP contribution in [0.5, 0.6) is 0 Å². The number of anilines is 1. The lowest BCUT2D eigenvalue weighted by molar-refractivity contribution is 0.192. The van der Waals surface area contributed by atoms with E-state index in [-0.39, 0.29) is 19.2 Å². The van der Waals surface area contributed by atoms with Crippen LogP contribution < -0.4 is 5.32 Å². The molecule has 0 unspecified atom stereocenters. The fourth-order valence-electron chi connectivity index (χ4n) is 1.97. The van der Waals surface area contributed by atoms with Crippen LogP contribution in [0.1, 0.15) is 6.92 Å². The van der Waals surface area contributed by atoms with Crippen molar-refractivity contribution in [3.63, 3.8) is 0 Å². The van der Waals surface area contributed by atoms with E-state index in [4.69, 9.17) is 16.7 Å². The second kappa shape index (κ2) is 7.10. The molecule has 0 atom stereocenters. The lowest BCUT2D eigenvalue weighted by atomic mass is 10.2. The predicted octanol–water partition coefficient (Wildman–Crippen LogP) is 2.37. The number of hydrogen-bond donors (Lipinski definition) is 2. The van der Waals surface area contributed by atoms with Gasteiger partial charge >= 0.3 is 6.03 Å². The highest BCUT2D eigenvalue weighted by atomic mass is 35.5. The summed E-state index contributed by atoms with van der Waals surface area (Å²) in [6.07, 6.45) is 3.39. The minimum absolute atomic E-state index is 0.0805. The van der Waals surface area contributed by atoms with Gasteiger partial charge in [0.15, 0.2) is 0 Å². The van der Waals surface area contributed by atoms with E-state index in [9.17, 15) is 4.79 Å². The molecular formula is C14H17ClN4O2. The van der Waals surface area contributed by atoms with Crippen molar-refractivity contribution in [2.45, 2.75) is 6.92 Å². The van der Waals surface area contributed by atoms with Crippen molar-refractivity contribution in [2.75, 3.05) is 25.0 Å². The molecule has 2 amide bonds. The Morgan fingerprint density at radius 2 is 2.29 bits per heavy atom. The highest BCUT2D eigenvalue weighted by molar-refractivity contribution is 6.33. The number of carbonyl (C=O) groups excluding carboxylic acids is 1. The van der Waals surface area contributed by atoms with Crippen LogP contribution in [-0.2, 0) is 0 Å². The predicted molar refractivity (Wildman–Crippen MR) is 81.9 cm³/mol. The molecule has 0 radical (unpaired) electrons. The van der Waals surface area contributed by atoms with Crippen molar-refractivity contribution < 1.29 is 9.90 Å². The van der Waals surface area contributed by atoms with Crippen LogP contribution in [0.15, 0.2) is 36.7 Å². The molecule has 0 saturated heterocycles. The number of rotatable bonds is 5. The number of aliphatic hydroxyl groups excluding tert-OH is 1. The average Bonchev–Trinajstić information content (AvgIpc) is 2.98. The SMILES string of the molecule is CCN(CCO)C(=O)Nc1cccc(Cl)c1-n1cccn1. The molecule has 2 aromatic rings. The van der Waals surface area contributed by atoms with Crippen molar-refractivity contribution in [1.29, 1.82) is 0 Å². The van der Waals surface area contributed by atoms with Gasteiger partial charge in [0.05, 0.1) is 17.3 Å². The molecule has 0 aliphatic carbocycles. The third-order valence-corrected chi connectivity index (χ3v) is 3.31. The van der Waals surface area contributed by atoms with Gasteiger partial charge < -0.3 is 15.3 Å². The van der Waals surface area contributed by atoms with Gasteiger partial charge in [0, 0.05) is 25.5 Å². The summed E-state index contributed by atoms with van der Waals surface area (Å²) in [4.78, 5) is 13.7. The van der Waals surface area contributed by atoms with E-state index in [1.165, 1.54) is 4.90 Å². The Balaban J connectivity index is 2.28. The van der Waals surface area contributed by atoms with Crippen molar-refractivity contribution in [2.24, 2.45) is 0 Å². The standard InChI is InChI=1S/C14H17ClN4O2/c1-2-18(9-10-20)14(21)17-12-6-3-5-11(15)13(12)19-8-4-7-16-19/h3-8,20H,2,9-10H2,1H3,(H,17,21). The van der Waals surface area contributed by atoms with Gasteiger partial charge in [-0.25, -0.2) is 9.48 Å². The molecule has 1 aromatic carbocycles. The molecule has 2 N–H and O–H groups in total. The Morgan fingerprint density at radius 1 is 1.48 bits per heavy atom. The van der Waals surface area contributed by atoms with Crippen molar-refractivity contribution in [3.8, 4) is 5.69 Å². The number of nitrogens with zero attached hydrogens (tertiary/aromatic N) is 3. The largest absolute Gasteiger partial charge is 0.395 e. The molecule has 1 heterocycles. The zero-order valence-electron chi connectivity index (χ0n) is 11.7. The molecule has 0 aliphatic rings. The topological polar surface area (TPSA) is 70.4 Å². The Bertz CT molecular complexity index is 601. The number of likely N-dealkylation sites (N-methyl/N-ethyl adjacent to an activating group) is 1. The fourth-order valence-corrected chi connectivity index (χ4v) is 2.23. The van der Waals surface area contributed by atoms with E-state index in [1.807, 2.05) is 6.92 Å². The quantitative estimate of drug-likeness (QED) is 0.891. The van der Waals surface area contributed by atoms with Gasteiger partial charge in [0.25, 0.3) is 0 Å². The first-order valence-corrected chi connectivity index (χ1v) is 7.00. The number of halogens is 1. The van der Waals surface area contributed by atoms with Crippen molar-refractivity contribution in [3.05, 3.63) is 41.7 Å². The van der Waals surface area contributed by atoms with Crippen LogP contribution in [0.3, 0.4) is 0 Å². The third kappa shape index (κ3) is 3.53. The number of urea groups is 1. The van der Waals surface area contributed by atoms with Gasteiger partial charge in [-0.15, -0.1) is 0 Å². The first-order chi connectivity index (χ1) is 10.2. The van der Waals surface area contributed by atoms with E-state index in [0.717, 1.165) is 0 Å². The molecule has 7 heteroatoms. The normalized spacial score (nSPS) is 10.4. The van der Waals surface area contributed by atoms with Crippen LogP contribution in [-0.4, -0.2) is 45.5 Å². The summed E-state index contributed by atoms with van der Waals surface area (Å²) in [7, 11) is 0. The second-order valence-electron chi connectivity index (χ2n) is 4.32. The fraction of sp³-hybridized carbons (Fsp3) is 0.286. The Kier molecular flexibility index (Phi) is 5.19. The third-order valence-electron chi connectivity index (χ3n) is 3.00. The average molecular weight is 309 g/mol. The van der Waals surface area contributed by atoms with Gasteiger partial charge in [0.2, 0.25) is 0 Å². The molecule has 0 bridgehead atoms. The lowest BCUT2D eigenvalue weighted by Crippen LogP contribution is -2.37. The van der Waals surface area contributed by atoms with Crippen LogP contribution >= 0.6 is 11.6 Å². The molecule has 2 rings (SSSR count). The molecule has 21 heavy (non-hydrogen) atoms. The molecular weight excluding hydrogens is 292 g/mol. The first-order valence-electron chi connectivity index (χ1n) is 6.62. The highest BCUT2D eigenvalue weighted by Crippen LogP contribution is 2.28. The van der Waals surface area contributed by atoms with Crippen LogP contribution in [0.2, 0.25) is 5.02 Å². The molecule has 0 saturated carbocycles. The van der Waals surface area contributed by atoms with E-state index in [2.05, 4.69) is 10.4 Å². The maximum atomic E-state index is 12.2. The van der Waals surface area contributed by atoms with E-state index in [0.29, 0.717) is 22.9 Å². The van der Waals surface area contributed by atoms with Crippen LogP contribution in [0.25, 0.3) is 5.69 Å². The smallest absolute Gasteiger partial charge is 0.321 e. The van der Waals surface area contributed by atoms with Crippen LogP contribution in [0.4, 0.5) is 10.5 Å². The molecule has 6 nitrogen and oxygen atoms in total. The van der Waals surface area contributed by atoms with Crippen molar-refractivity contribution in [1.82, 2.24) is 14.7 Å². The van der Waals surface area contributed by atoms with Gasteiger partial charge in [-0.2, -0.15) is 5.10 Å². The van der Waals surface area contributed by atoms with E-state index in [1.54, 1.807) is 41.3 Å². The van der Waals surface area contributed by atoms with Gasteiger partial charge in [-0.1, -0.05) is 17.7 Å². The van der Waals surface area contributed by atoms with Gasteiger partial charge in [-0.05, 0) is 25.1 Å². The number of carbonyl (C=O) groups is 1. The zero-order chi connectivity index (χ0) is 15.2. The Hall–Kier alpha value is -2.05. The summed E-state index contributed by atoms with van der Waals surface area (Å²) in [6.45, 7) is 2.55. The summed E-state index contributed by atoms with van der Waals surface area (Å²) < 4.78 is 1.60. The Morgan fingerprint density at radius 3 is 2.90 bits per heavy atom. The minimum Gasteiger partial charge on any atom is -0.395 e.